The highest BCUT2D eigenvalue weighted by atomic mass is 16.4. The lowest BCUT2D eigenvalue weighted by molar-refractivity contribution is -0.137. The van der Waals surface area contributed by atoms with Gasteiger partial charge in [0.25, 0.3) is 0 Å². The fourth-order valence-electron chi connectivity index (χ4n) is 2.29. The zero-order valence-electron chi connectivity index (χ0n) is 8.94. The highest BCUT2D eigenvalue weighted by molar-refractivity contribution is 5.66. The average Bonchev–Trinajstić information content (AvgIpc) is 2.57. The molecule has 4 heteroatoms. The molecule has 0 amide bonds. The summed E-state index contributed by atoms with van der Waals surface area (Å²) in [6.07, 6.45) is 6.15. The van der Waals surface area contributed by atoms with E-state index in [1.54, 1.807) is 0 Å². The van der Waals surface area contributed by atoms with Gasteiger partial charge in [-0.2, -0.15) is 5.10 Å². The first-order valence-electron chi connectivity index (χ1n) is 5.38. The van der Waals surface area contributed by atoms with Crippen molar-refractivity contribution in [2.24, 2.45) is 13.0 Å². The van der Waals surface area contributed by atoms with Crippen molar-refractivity contribution in [2.75, 3.05) is 0 Å². The fraction of sp³-hybridized carbons (Fsp3) is 0.636. The van der Waals surface area contributed by atoms with Crippen molar-refractivity contribution in [3.8, 4) is 0 Å². The Hall–Kier alpha value is -1.32. The van der Waals surface area contributed by atoms with Gasteiger partial charge in [-0.15, -0.1) is 0 Å². The van der Waals surface area contributed by atoms with Gasteiger partial charge in [0, 0.05) is 19.2 Å². The summed E-state index contributed by atoms with van der Waals surface area (Å²) < 4.78 is 1.92. The summed E-state index contributed by atoms with van der Waals surface area (Å²) >= 11 is 0. The predicted octanol–water partition coefficient (Wildman–Crippen LogP) is 1.39. The van der Waals surface area contributed by atoms with Gasteiger partial charge in [0.2, 0.25) is 0 Å². The molecule has 1 atom stereocenters. The second kappa shape index (κ2) is 4.04. The maximum atomic E-state index is 10.5. The third-order valence-electron chi connectivity index (χ3n) is 3.22. The molecule has 82 valence electrons. The van der Waals surface area contributed by atoms with E-state index >= 15 is 0 Å². The van der Waals surface area contributed by atoms with E-state index in [-0.39, 0.29) is 6.42 Å². The standard InChI is InChI=1S/C11H16N2O2/c1-13-10-6-8(3-5-11(14)15)2-4-9(10)7-12-13/h7-8H,2-6H2,1H3,(H,14,15). The smallest absolute Gasteiger partial charge is 0.303 e. The molecule has 1 aliphatic carbocycles. The number of carbonyl (C=O) groups is 1. The first-order valence-corrected chi connectivity index (χ1v) is 5.38. The Morgan fingerprint density at radius 2 is 2.53 bits per heavy atom. The summed E-state index contributed by atoms with van der Waals surface area (Å²) in [5.41, 5.74) is 2.63. The normalized spacial score (nSPS) is 19.9. The number of hydrogen-bond donors (Lipinski definition) is 1. The summed E-state index contributed by atoms with van der Waals surface area (Å²) in [6.45, 7) is 0. The van der Waals surface area contributed by atoms with Gasteiger partial charge in [0.05, 0.1) is 6.20 Å². The Morgan fingerprint density at radius 3 is 3.27 bits per heavy atom. The van der Waals surface area contributed by atoms with Crippen LogP contribution < -0.4 is 0 Å². The lowest BCUT2D eigenvalue weighted by Gasteiger charge is -2.21. The topological polar surface area (TPSA) is 55.1 Å². The van der Waals surface area contributed by atoms with E-state index in [1.807, 2.05) is 17.9 Å². The zero-order chi connectivity index (χ0) is 10.8. The molecule has 1 heterocycles. The van der Waals surface area contributed by atoms with Crippen LogP contribution in [-0.4, -0.2) is 20.9 Å². The van der Waals surface area contributed by atoms with E-state index in [0.717, 1.165) is 25.7 Å². The van der Waals surface area contributed by atoms with Crippen LogP contribution in [0.5, 0.6) is 0 Å². The summed E-state index contributed by atoms with van der Waals surface area (Å²) in [4.78, 5) is 10.5. The predicted molar refractivity (Wildman–Crippen MR) is 55.6 cm³/mol. The van der Waals surface area contributed by atoms with E-state index in [0.29, 0.717) is 5.92 Å². The van der Waals surface area contributed by atoms with Crippen LogP contribution >= 0.6 is 0 Å². The van der Waals surface area contributed by atoms with Gasteiger partial charge < -0.3 is 5.11 Å². The van der Waals surface area contributed by atoms with E-state index in [9.17, 15) is 4.79 Å². The van der Waals surface area contributed by atoms with Crippen molar-refractivity contribution < 1.29 is 9.90 Å². The SMILES string of the molecule is Cn1ncc2c1CC(CCC(=O)O)CC2. The summed E-state index contributed by atoms with van der Waals surface area (Å²) in [7, 11) is 1.96. The van der Waals surface area contributed by atoms with Gasteiger partial charge in [-0.3, -0.25) is 9.48 Å². The van der Waals surface area contributed by atoms with Crippen molar-refractivity contribution in [1.82, 2.24) is 9.78 Å². The van der Waals surface area contributed by atoms with Crippen LogP contribution in [0.1, 0.15) is 30.5 Å². The molecule has 1 unspecified atom stereocenters. The number of fused-ring (bicyclic) bond motifs is 1. The molecule has 0 saturated carbocycles. The van der Waals surface area contributed by atoms with E-state index in [1.165, 1.54) is 11.3 Å². The summed E-state index contributed by atoms with van der Waals surface area (Å²) in [5, 5.41) is 12.9. The van der Waals surface area contributed by atoms with Gasteiger partial charge in [-0.1, -0.05) is 0 Å². The molecule has 0 fully saturated rings. The molecule has 0 spiro atoms. The quantitative estimate of drug-likeness (QED) is 0.816. The van der Waals surface area contributed by atoms with Crippen LogP contribution in [0, 0.1) is 5.92 Å². The highest BCUT2D eigenvalue weighted by Crippen LogP contribution is 2.27. The number of aryl methyl sites for hydroxylation is 2. The van der Waals surface area contributed by atoms with Crippen molar-refractivity contribution >= 4 is 5.97 Å². The number of hydrogen-bond acceptors (Lipinski definition) is 2. The summed E-state index contributed by atoms with van der Waals surface area (Å²) in [5.74, 6) is -0.171. The minimum absolute atomic E-state index is 0.290. The average molecular weight is 208 g/mol. The molecule has 0 aliphatic heterocycles. The third-order valence-corrected chi connectivity index (χ3v) is 3.22. The first kappa shape index (κ1) is 10.2. The Bertz CT molecular complexity index is 371. The van der Waals surface area contributed by atoms with Crippen LogP contribution in [0.3, 0.4) is 0 Å². The van der Waals surface area contributed by atoms with Gasteiger partial charge >= 0.3 is 5.97 Å². The van der Waals surface area contributed by atoms with Crippen molar-refractivity contribution in [3.63, 3.8) is 0 Å². The lowest BCUT2D eigenvalue weighted by Crippen LogP contribution is -2.17. The second-order valence-electron chi connectivity index (χ2n) is 4.28. The Morgan fingerprint density at radius 1 is 1.73 bits per heavy atom. The number of carboxylic acids is 1. The van der Waals surface area contributed by atoms with E-state index in [4.69, 9.17) is 5.11 Å². The maximum absolute atomic E-state index is 10.5. The molecule has 0 radical (unpaired) electrons. The number of nitrogens with zero attached hydrogens (tertiary/aromatic N) is 2. The monoisotopic (exact) mass is 208 g/mol. The number of rotatable bonds is 3. The molecular weight excluding hydrogens is 192 g/mol. The van der Waals surface area contributed by atoms with E-state index in [2.05, 4.69) is 5.10 Å². The van der Waals surface area contributed by atoms with Crippen LogP contribution in [0.25, 0.3) is 0 Å². The number of aliphatic carboxylic acids is 1. The number of aromatic nitrogens is 2. The second-order valence-corrected chi connectivity index (χ2v) is 4.28. The molecular formula is C11H16N2O2. The minimum Gasteiger partial charge on any atom is -0.481 e. The zero-order valence-corrected chi connectivity index (χ0v) is 8.94. The Balaban J connectivity index is 1.99. The summed E-state index contributed by atoms with van der Waals surface area (Å²) in [6, 6.07) is 0. The van der Waals surface area contributed by atoms with Crippen LogP contribution in [0.4, 0.5) is 0 Å². The molecule has 4 nitrogen and oxygen atoms in total. The van der Waals surface area contributed by atoms with Gasteiger partial charge in [0.15, 0.2) is 0 Å². The molecule has 1 aromatic rings. The van der Waals surface area contributed by atoms with Crippen LogP contribution in [-0.2, 0) is 24.7 Å². The van der Waals surface area contributed by atoms with Gasteiger partial charge in [-0.05, 0) is 37.2 Å². The molecule has 15 heavy (non-hydrogen) atoms. The van der Waals surface area contributed by atoms with Crippen LogP contribution in [0.2, 0.25) is 0 Å². The van der Waals surface area contributed by atoms with Gasteiger partial charge in [-0.25, -0.2) is 0 Å². The Kier molecular flexibility index (Phi) is 2.75. The largest absolute Gasteiger partial charge is 0.481 e. The molecule has 1 aromatic heterocycles. The number of carboxylic acid groups (broad SMARTS) is 1. The molecule has 0 aromatic carbocycles. The molecule has 0 bridgehead atoms. The minimum atomic E-state index is -0.689. The van der Waals surface area contributed by atoms with Gasteiger partial charge in [0.1, 0.15) is 0 Å². The molecule has 0 saturated heterocycles. The van der Waals surface area contributed by atoms with Crippen molar-refractivity contribution in [1.29, 1.82) is 0 Å². The fourth-order valence-corrected chi connectivity index (χ4v) is 2.29. The highest BCUT2D eigenvalue weighted by Gasteiger charge is 2.21. The van der Waals surface area contributed by atoms with Crippen LogP contribution in [0.15, 0.2) is 6.20 Å². The van der Waals surface area contributed by atoms with Crippen molar-refractivity contribution in [2.45, 2.75) is 32.1 Å². The first-order chi connectivity index (χ1) is 7.16. The van der Waals surface area contributed by atoms with E-state index < -0.39 is 5.97 Å². The molecule has 2 rings (SSSR count). The third kappa shape index (κ3) is 2.19. The lowest BCUT2D eigenvalue weighted by atomic mass is 9.85. The van der Waals surface area contributed by atoms with Crippen molar-refractivity contribution in [3.05, 3.63) is 17.5 Å². The maximum Gasteiger partial charge on any atom is 0.303 e. The Labute approximate surface area is 88.9 Å². The molecule has 1 N–H and O–H groups in total. The molecule has 1 aliphatic rings.